The molecule has 0 saturated carbocycles. The van der Waals surface area contributed by atoms with E-state index in [0.717, 1.165) is 13.1 Å². The molecule has 0 amide bonds. The molecule has 0 aromatic carbocycles. The summed E-state index contributed by atoms with van der Waals surface area (Å²) in [5.41, 5.74) is 0. The van der Waals surface area contributed by atoms with Crippen LogP contribution < -0.4 is 10.6 Å². The van der Waals surface area contributed by atoms with Crippen LogP contribution in [0.5, 0.6) is 0 Å². The molecule has 0 aliphatic carbocycles. The standard InChI is InChI=1S/C8H20N2/c1-4-8(5-2)10-7-6-9-3/h8-10H,4-7H2,1-3H3. The van der Waals surface area contributed by atoms with E-state index in [1.165, 1.54) is 12.8 Å². The molecular weight excluding hydrogens is 124 g/mol. The highest BCUT2D eigenvalue weighted by molar-refractivity contribution is 4.61. The van der Waals surface area contributed by atoms with E-state index in [2.05, 4.69) is 24.5 Å². The predicted molar refractivity (Wildman–Crippen MR) is 46.3 cm³/mol. The molecule has 0 atom stereocenters. The zero-order valence-corrected chi connectivity index (χ0v) is 7.41. The van der Waals surface area contributed by atoms with Crippen molar-refractivity contribution in [3.63, 3.8) is 0 Å². The van der Waals surface area contributed by atoms with Crippen LogP contribution in [0.15, 0.2) is 0 Å². The Morgan fingerprint density at radius 1 is 1.10 bits per heavy atom. The molecule has 0 aliphatic rings. The summed E-state index contributed by atoms with van der Waals surface area (Å²) in [7, 11) is 1.98. The highest BCUT2D eigenvalue weighted by Crippen LogP contribution is 1.93. The molecule has 0 fully saturated rings. The van der Waals surface area contributed by atoms with Crippen LogP contribution in [0.2, 0.25) is 0 Å². The summed E-state index contributed by atoms with van der Waals surface area (Å²) >= 11 is 0. The number of hydrogen-bond donors (Lipinski definition) is 2. The molecule has 0 radical (unpaired) electrons. The molecule has 0 rings (SSSR count). The smallest absolute Gasteiger partial charge is 0.00792 e. The summed E-state index contributed by atoms with van der Waals surface area (Å²) < 4.78 is 0. The van der Waals surface area contributed by atoms with Crippen molar-refractivity contribution in [1.82, 2.24) is 10.6 Å². The molecule has 0 bridgehead atoms. The van der Waals surface area contributed by atoms with Crippen molar-refractivity contribution in [3.8, 4) is 0 Å². The minimum atomic E-state index is 0.716. The summed E-state index contributed by atoms with van der Waals surface area (Å²) in [6.07, 6.45) is 2.47. The predicted octanol–water partition coefficient (Wildman–Crippen LogP) is 0.984. The van der Waals surface area contributed by atoms with Gasteiger partial charge in [0, 0.05) is 19.1 Å². The minimum Gasteiger partial charge on any atom is -0.318 e. The average Bonchev–Trinajstić information content (AvgIpc) is 1.99. The molecule has 62 valence electrons. The van der Waals surface area contributed by atoms with Crippen molar-refractivity contribution in [3.05, 3.63) is 0 Å². The lowest BCUT2D eigenvalue weighted by Crippen LogP contribution is -2.33. The average molecular weight is 144 g/mol. The summed E-state index contributed by atoms with van der Waals surface area (Å²) in [5, 5.41) is 6.57. The monoisotopic (exact) mass is 144 g/mol. The second kappa shape index (κ2) is 7.03. The van der Waals surface area contributed by atoms with Crippen molar-refractivity contribution >= 4 is 0 Å². The van der Waals surface area contributed by atoms with Crippen molar-refractivity contribution in [2.24, 2.45) is 0 Å². The number of nitrogens with one attached hydrogen (secondary N) is 2. The maximum absolute atomic E-state index is 3.46. The van der Waals surface area contributed by atoms with Gasteiger partial charge < -0.3 is 10.6 Å². The second-order valence-corrected chi connectivity index (χ2v) is 2.57. The van der Waals surface area contributed by atoms with Crippen LogP contribution in [0.25, 0.3) is 0 Å². The first-order chi connectivity index (χ1) is 4.85. The normalized spacial score (nSPS) is 10.8. The van der Waals surface area contributed by atoms with E-state index in [1.54, 1.807) is 0 Å². The molecule has 0 heterocycles. The Bertz CT molecular complexity index is 60.3. The van der Waals surface area contributed by atoms with Gasteiger partial charge in [0.05, 0.1) is 0 Å². The van der Waals surface area contributed by atoms with Crippen LogP contribution in [-0.2, 0) is 0 Å². The largest absolute Gasteiger partial charge is 0.318 e. The summed E-state index contributed by atoms with van der Waals surface area (Å²) in [4.78, 5) is 0. The number of likely N-dealkylation sites (N-methyl/N-ethyl adjacent to an activating group) is 1. The molecule has 0 aromatic rings. The Balaban J connectivity index is 3.09. The lowest BCUT2D eigenvalue weighted by atomic mass is 10.2. The zero-order chi connectivity index (χ0) is 7.82. The van der Waals surface area contributed by atoms with Crippen LogP contribution in [0.4, 0.5) is 0 Å². The Labute approximate surface area is 64.4 Å². The van der Waals surface area contributed by atoms with Crippen LogP contribution in [0.1, 0.15) is 26.7 Å². The van der Waals surface area contributed by atoms with E-state index in [-0.39, 0.29) is 0 Å². The van der Waals surface area contributed by atoms with E-state index in [1.807, 2.05) is 7.05 Å². The van der Waals surface area contributed by atoms with E-state index in [0.29, 0.717) is 6.04 Å². The van der Waals surface area contributed by atoms with Gasteiger partial charge in [-0.2, -0.15) is 0 Å². The van der Waals surface area contributed by atoms with Gasteiger partial charge in [-0.3, -0.25) is 0 Å². The zero-order valence-electron chi connectivity index (χ0n) is 7.41. The quantitative estimate of drug-likeness (QED) is 0.543. The first kappa shape index (κ1) is 9.92. The fraction of sp³-hybridized carbons (Fsp3) is 1.00. The fourth-order valence-corrected chi connectivity index (χ4v) is 0.979. The van der Waals surface area contributed by atoms with Gasteiger partial charge in [0.2, 0.25) is 0 Å². The van der Waals surface area contributed by atoms with Gasteiger partial charge >= 0.3 is 0 Å². The SMILES string of the molecule is CCC(CC)NCCNC. The van der Waals surface area contributed by atoms with Crippen LogP contribution in [0.3, 0.4) is 0 Å². The van der Waals surface area contributed by atoms with Gasteiger partial charge in [-0.1, -0.05) is 13.8 Å². The van der Waals surface area contributed by atoms with Crippen molar-refractivity contribution in [2.75, 3.05) is 20.1 Å². The lowest BCUT2D eigenvalue weighted by Gasteiger charge is -2.13. The highest BCUT2D eigenvalue weighted by atomic mass is 14.9. The van der Waals surface area contributed by atoms with Crippen LogP contribution >= 0.6 is 0 Å². The Morgan fingerprint density at radius 2 is 1.70 bits per heavy atom. The number of hydrogen-bond acceptors (Lipinski definition) is 2. The van der Waals surface area contributed by atoms with Crippen LogP contribution in [0, 0.1) is 0 Å². The minimum absolute atomic E-state index is 0.716. The van der Waals surface area contributed by atoms with Gasteiger partial charge in [-0.15, -0.1) is 0 Å². The first-order valence-electron chi connectivity index (χ1n) is 4.23. The molecule has 10 heavy (non-hydrogen) atoms. The maximum atomic E-state index is 3.46. The molecule has 2 N–H and O–H groups in total. The maximum Gasteiger partial charge on any atom is 0.00792 e. The third kappa shape index (κ3) is 4.77. The third-order valence-electron chi connectivity index (χ3n) is 1.79. The molecule has 0 unspecified atom stereocenters. The number of rotatable bonds is 6. The first-order valence-corrected chi connectivity index (χ1v) is 4.23. The van der Waals surface area contributed by atoms with E-state index < -0.39 is 0 Å². The molecule has 0 aliphatic heterocycles. The Kier molecular flexibility index (Phi) is 6.98. The summed E-state index contributed by atoms with van der Waals surface area (Å²) in [6.45, 7) is 6.60. The van der Waals surface area contributed by atoms with E-state index in [9.17, 15) is 0 Å². The van der Waals surface area contributed by atoms with Gasteiger partial charge in [0.1, 0.15) is 0 Å². The highest BCUT2D eigenvalue weighted by Gasteiger charge is 1.98. The molecular formula is C8H20N2. The van der Waals surface area contributed by atoms with Gasteiger partial charge in [0.25, 0.3) is 0 Å². The molecule has 2 nitrogen and oxygen atoms in total. The van der Waals surface area contributed by atoms with Crippen molar-refractivity contribution in [1.29, 1.82) is 0 Å². The fourth-order valence-electron chi connectivity index (χ4n) is 0.979. The van der Waals surface area contributed by atoms with Gasteiger partial charge in [0.15, 0.2) is 0 Å². The van der Waals surface area contributed by atoms with Gasteiger partial charge in [-0.05, 0) is 19.9 Å². The van der Waals surface area contributed by atoms with Crippen LogP contribution in [-0.4, -0.2) is 26.2 Å². The molecule has 0 aromatic heterocycles. The summed E-state index contributed by atoms with van der Waals surface area (Å²) in [6, 6.07) is 0.716. The Morgan fingerprint density at radius 3 is 2.10 bits per heavy atom. The third-order valence-corrected chi connectivity index (χ3v) is 1.79. The lowest BCUT2D eigenvalue weighted by molar-refractivity contribution is 0.482. The Hall–Kier alpha value is -0.0800. The van der Waals surface area contributed by atoms with Gasteiger partial charge in [-0.25, -0.2) is 0 Å². The summed E-state index contributed by atoms with van der Waals surface area (Å²) in [5.74, 6) is 0. The van der Waals surface area contributed by atoms with E-state index in [4.69, 9.17) is 0 Å². The second-order valence-electron chi connectivity index (χ2n) is 2.57. The van der Waals surface area contributed by atoms with E-state index >= 15 is 0 Å². The molecule has 0 spiro atoms. The van der Waals surface area contributed by atoms with Crippen molar-refractivity contribution < 1.29 is 0 Å². The molecule has 2 heteroatoms. The molecule has 0 saturated heterocycles. The topological polar surface area (TPSA) is 24.1 Å². The van der Waals surface area contributed by atoms with Crippen molar-refractivity contribution in [2.45, 2.75) is 32.7 Å².